The van der Waals surface area contributed by atoms with Crippen molar-refractivity contribution in [2.45, 2.75) is 12.8 Å². The molecule has 4 nitrogen and oxygen atoms in total. The zero-order valence-corrected chi connectivity index (χ0v) is 8.19. The first kappa shape index (κ1) is 10.7. The van der Waals surface area contributed by atoms with Crippen molar-refractivity contribution in [3.63, 3.8) is 0 Å². The lowest BCUT2D eigenvalue weighted by molar-refractivity contribution is 0.0964. The van der Waals surface area contributed by atoms with E-state index in [9.17, 15) is 4.79 Å². The van der Waals surface area contributed by atoms with E-state index in [0.29, 0.717) is 30.8 Å². The van der Waals surface area contributed by atoms with Crippen LogP contribution in [-0.2, 0) is 4.74 Å². The fourth-order valence-electron chi connectivity index (χ4n) is 1.17. The molecule has 76 valence electrons. The summed E-state index contributed by atoms with van der Waals surface area (Å²) < 4.78 is 4.86. The fraction of sp³-hybridized carbons (Fsp3) is 0.400. The molecular weight excluding hydrogens is 180 g/mol. The Morgan fingerprint density at radius 1 is 1.64 bits per heavy atom. The second kappa shape index (κ2) is 5.34. The van der Waals surface area contributed by atoms with Crippen LogP contribution in [0.15, 0.2) is 18.3 Å². The van der Waals surface area contributed by atoms with Crippen LogP contribution in [0.4, 0.5) is 5.82 Å². The molecule has 2 N–H and O–H groups in total. The molecule has 0 spiro atoms. The van der Waals surface area contributed by atoms with Crippen LogP contribution >= 0.6 is 0 Å². The molecule has 1 aromatic rings. The molecule has 1 rings (SSSR count). The topological polar surface area (TPSA) is 65.2 Å². The highest BCUT2D eigenvalue weighted by molar-refractivity contribution is 5.99. The summed E-state index contributed by atoms with van der Waals surface area (Å²) in [5.41, 5.74) is 6.07. The minimum absolute atomic E-state index is 0.0210. The van der Waals surface area contributed by atoms with E-state index < -0.39 is 0 Å². The smallest absolute Gasteiger partial charge is 0.166 e. The second-order valence-corrected chi connectivity index (χ2v) is 2.96. The average Bonchev–Trinajstić information content (AvgIpc) is 2.18. The third kappa shape index (κ3) is 2.81. The van der Waals surface area contributed by atoms with Gasteiger partial charge in [-0.1, -0.05) is 0 Å². The highest BCUT2D eigenvalue weighted by atomic mass is 16.5. The standard InChI is InChI=1S/C10H14N2O2/c1-14-7-3-5-9(13)8-4-2-6-12-10(8)11/h2,4,6H,3,5,7H2,1H3,(H2,11,12). The minimum Gasteiger partial charge on any atom is -0.385 e. The van der Waals surface area contributed by atoms with Gasteiger partial charge in [-0.15, -0.1) is 0 Å². The maximum absolute atomic E-state index is 11.6. The van der Waals surface area contributed by atoms with E-state index in [2.05, 4.69) is 4.98 Å². The van der Waals surface area contributed by atoms with E-state index in [1.165, 1.54) is 0 Å². The van der Waals surface area contributed by atoms with E-state index in [1.54, 1.807) is 25.4 Å². The second-order valence-electron chi connectivity index (χ2n) is 2.96. The van der Waals surface area contributed by atoms with Crippen LogP contribution in [0.25, 0.3) is 0 Å². The Kier molecular flexibility index (Phi) is 4.07. The van der Waals surface area contributed by atoms with Crippen LogP contribution in [0, 0.1) is 0 Å². The zero-order valence-electron chi connectivity index (χ0n) is 8.19. The Hall–Kier alpha value is -1.42. The van der Waals surface area contributed by atoms with Crippen molar-refractivity contribution in [3.05, 3.63) is 23.9 Å². The first-order valence-corrected chi connectivity index (χ1v) is 4.48. The van der Waals surface area contributed by atoms with Gasteiger partial charge in [-0.2, -0.15) is 0 Å². The number of pyridine rings is 1. The monoisotopic (exact) mass is 194 g/mol. The van der Waals surface area contributed by atoms with E-state index in [-0.39, 0.29) is 5.78 Å². The van der Waals surface area contributed by atoms with Gasteiger partial charge < -0.3 is 10.5 Å². The van der Waals surface area contributed by atoms with Crippen molar-refractivity contribution < 1.29 is 9.53 Å². The average molecular weight is 194 g/mol. The number of ether oxygens (including phenoxy) is 1. The van der Waals surface area contributed by atoms with Gasteiger partial charge in [0.1, 0.15) is 5.82 Å². The van der Waals surface area contributed by atoms with Gasteiger partial charge >= 0.3 is 0 Å². The molecule has 0 saturated heterocycles. The van der Waals surface area contributed by atoms with Gasteiger partial charge in [0.05, 0.1) is 5.56 Å². The third-order valence-electron chi connectivity index (χ3n) is 1.89. The molecule has 0 radical (unpaired) electrons. The number of ketones is 1. The number of nitrogens with two attached hydrogens (primary N) is 1. The molecule has 0 atom stereocenters. The van der Waals surface area contributed by atoms with Crippen molar-refractivity contribution in [2.75, 3.05) is 19.5 Å². The van der Waals surface area contributed by atoms with Crippen molar-refractivity contribution in [2.24, 2.45) is 0 Å². The summed E-state index contributed by atoms with van der Waals surface area (Å²) in [5.74, 6) is 0.322. The van der Waals surface area contributed by atoms with E-state index in [1.807, 2.05) is 0 Å². The molecule has 0 saturated carbocycles. The highest BCUT2D eigenvalue weighted by Gasteiger charge is 2.08. The predicted octanol–water partition coefficient (Wildman–Crippen LogP) is 1.27. The highest BCUT2D eigenvalue weighted by Crippen LogP contribution is 2.10. The number of anilines is 1. The van der Waals surface area contributed by atoms with E-state index in [4.69, 9.17) is 10.5 Å². The molecule has 0 amide bonds. The molecule has 0 aliphatic carbocycles. The Labute approximate surface area is 83.1 Å². The molecule has 1 aromatic heterocycles. The van der Waals surface area contributed by atoms with Gasteiger partial charge in [0.2, 0.25) is 0 Å². The van der Waals surface area contributed by atoms with Crippen molar-refractivity contribution in [1.82, 2.24) is 4.98 Å². The number of hydrogen-bond donors (Lipinski definition) is 1. The van der Waals surface area contributed by atoms with Crippen LogP contribution in [0.2, 0.25) is 0 Å². The number of aromatic nitrogens is 1. The lowest BCUT2D eigenvalue weighted by Crippen LogP contribution is -2.06. The molecule has 0 aromatic carbocycles. The first-order chi connectivity index (χ1) is 6.75. The predicted molar refractivity (Wildman–Crippen MR) is 54.1 cm³/mol. The van der Waals surface area contributed by atoms with Gasteiger partial charge in [-0.3, -0.25) is 4.79 Å². The maximum atomic E-state index is 11.6. The molecule has 0 bridgehead atoms. The van der Waals surface area contributed by atoms with Gasteiger partial charge in [0.15, 0.2) is 5.78 Å². The Balaban J connectivity index is 2.56. The van der Waals surface area contributed by atoms with E-state index >= 15 is 0 Å². The Morgan fingerprint density at radius 2 is 2.43 bits per heavy atom. The van der Waals surface area contributed by atoms with Crippen molar-refractivity contribution in [1.29, 1.82) is 0 Å². The van der Waals surface area contributed by atoms with Crippen LogP contribution in [0.1, 0.15) is 23.2 Å². The first-order valence-electron chi connectivity index (χ1n) is 4.48. The lowest BCUT2D eigenvalue weighted by atomic mass is 10.1. The molecule has 0 unspecified atom stereocenters. The summed E-state index contributed by atoms with van der Waals surface area (Å²) in [7, 11) is 1.61. The summed E-state index contributed by atoms with van der Waals surface area (Å²) in [6, 6.07) is 3.40. The van der Waals surface area contributed by atoms with Crippen LogP contribution in [-0.4, -0.2) is 24.5 Å². The summed E-state index contributed by atoms with van der Waals surface area (Å²) in [6.07, 6.45) is 2.73. The molecule has 14 heavy (non-hydrogen) atoms. The third-order valence-corrected chi connectivity index (χ3v) is 1.89. The van der Waals surface area contributed by atoms with Crippen LogP contribution < -0.4 is 5.73 Å². The fourth-order valence-corrected chi connectivity index (χ4v) is 1.17. The summed E-state index contributed by atoms with van der Waals surface area (Å²) in [4.78, 5) is 15.4. The van der Waals surface area contributed by atoms with Gasteiger partial charge in [-0.05, 0) is 18.6 Å². The number of nitrogens with zero attached hydrogens (tertiary/aromatic N) is 1. The molecule has 1 heterocycles. The molecular formula is C10H14N2O2. The van der Waals surface area contributed by atoms with Crippen molar-refractivity contribution >= 4 is 11.6 Å². The maximum Gasteiger partial charge on any atom is 0.166 e. The minimum atomic E-state index is 0.0210. The molecule has 4 heteroatoms. The number of methoxy groups -OCH3 is 1. The Morgan fingerprint density at radius 3 is 3.07 bits per heavy atom. The lowest BCUT2D eigenvalue weighted by Gasteiger charge is -2.02. The van der Waals surface area contributed by atoms with Crippen molar-refractivity contribution in [3.8, 4) is 0 Å². The number of nitrogen functional groups attached to an aromatic ring is 1. The summed E-state index contributed by atoms with van der Waals surface area (Å²) in [5, 5.41) is 0. The zero-order chi connectivity index (χ0) is 10.4. The quantitative estimate of drug-likeness (QED) is 0.566. The number of hydrogen-bond acceptors (Lipinski definition) is 4. The molecule has 0 aliphatic rings. The van der Waals surface area contributed by atoms with Gasteiger partial charge in [0, 0.05) is 26.3 Å². The molecule has 0 aliphatic heterocycles. The van der Waals surface area contributed by atoms with Gasteiger partial charge in [0.25, 0.3) is 0 Å². The number of carbonyl (C=O) groups excluding carboxylic acids is 1. The molecule has 0 fully saturated rings. The largest absolute Gasteiger partial charge is 0.385 e. The van der Waals surface area contributed by atoms with E-state index in [0.717, 1.165) is 0 Å². The van der Waals surface area contributed by atoms with Crippen LogP contribution in [0.5, 0.6) is 0 Å². The normalized spacial score (nSPS) is 10.1. The van der Waals surface area contributed by atoms with Crippen LogP contribution in [0.3, 0.4) is 0 Å². The van der Waals surface area contributed by atoms with Gasteiger partial charge in [-0.25, -0.2) is 4.98 Å². The summed E-state index contributed by atoms with van der Waals surface area (Å²) >= 11 is 0. The Bertz CT molecular complexity index is 313. The number of carbonyl (C=O) groups is 1. The SMILES string of the molecule is COCCCC(=O)c1cccnc1N. The summed E-state index contributed by atoms with van der Waals surface area (Å²) in [6.45, 7) is 0.589. The number of rotatable bonds is 5. The number of Topliss-reactive ketones (excluding diaryl/α,β-unsaturated/α-hetero) is 1.